The molecule has 2 aromatic rings. The number of aromatic nitrogens is 3. The summed E-state index contributed by atoms with van der Waals surface area (Å²) in [6, 6.07) is 4.33. The van der Waals surface area contributed by atoms with E-state index in [1.54, 1.807) is 10.7 Å². The summed E-state index contributed by atoms with van der Waals surface area (Å²) in [6.07, 6.45) is 5.77. The van der Waals surface area contributed by atoms with Crippen LogP contribution in [0.15, 0.2) is 24.5 Å². The molecule has 1 N–H and O–H groups in total. The highest BCUT2D eigenvalue weighted by atomic mass is 16.5. The van der Waals surface area contributed by atoms with E-state index in [4.69, 9.17) is 4.74 Å². The fraction of sp³-hybridized carbons (Fsp3) is 0.455. The normalized spacial score (nSPS) is 17.8. The Morgan fingerprint density at radius 3 is 3.06 bits per heavy atom. The number of hydrogen-bond donors (Lipinski definition) is 1. The molecule has 0 spiro atoms. The molecular weight excluding hydrogens is 204 g/mol. The minimum Gasteiger partial charge on any atom is -0.381 e. The fourth-order valence-corrected chi connectivity index (χ4v) is 1.94. The predicted molar refractivity (Wildman–Crippen MR) is 60.5 cm³/mol. The second-order valence-corrected chi connectivity index (χ2v) is 3.98. The summed E-state index contributed by atoms with van der Waals surface area (Å²) in [5, 5.41) is 7.54. The Morgan fingerprint density at radius 1 is 1.31 bits per heavy atom. The van der Waals surface area contributed by atoms with Gasteiger partial charge in [0, 0.05) is 31.5 Å². The summed E-state index contributed by atoms with van der Waals surface area (Å²) in [5.74, 6) is 0.917. The molecule has 0 unspecified atom stereocenters. The van der Waals surface area contributed by atoms with Gasteiger partial charge in [0.25, 0.3) is 0 Å². The predicted octanol–water partition coefficient (Wildman–Crippen LogP) is 1.32. The number of nitrogens with one attached hydrogen (secondary N) is 1. The molecule has 0 amide bonds. The Kier molecular flexibility index (Phi) is 2.46. The zero-order chi connectivity index (χ0) is 10.8. The van der Waals surface area contributed by atoms with Crippen molar-refractivity contribution in [3.05, 3.63) is 24.5 Å². The van der Waals surface area contributed by atoms with Gasteiger partial charge in [0.05, 0.1) is 6.20 Å². The quantitative estimate of drug-likeness (QED) is 0.826. The molecule has 1 saturated heterocycles. The highest BCUT2D eigenvalue weighted by molar-refractivity contribution is 5.45. The molecule has 1 fully saturated rings. The molecule has 1 aliphatic rings. The first-order chi connectivity index (χ1) is 7.92. The number of fused-ring (bicyclic) bond motifs is 1. The van der Waals surface area contributed by atoms with Crippen LogP contribution in [0.2, 0.25) is 0 Å². The molecule has 5 heteroatoms. The van der Waals surface area contributed by atoms with E-state index in [-0.39, 0.29) is 0 Å². The van der Waals surface area contributed by atoms with Crippen molar-refractivity contribution in [1.29, 1.82) is 0 Å². The van der Waals surface area contributed by atoms with Crippen molar-refractivity contribution >= 4 is 11.5 Å². The highest BCUT2D eigenvalue weighted by Gasteiger charge is 2.13. The maximum absolute atomic E-state index is 5.32. The Balaban J connectivity index is 1.77. The SMILES string of the molecule is c1cc2nc(NC3CCOCC3)ccn2n1. The summed E-state index contributed by atoms with van der Waals surface area (Å²) in [5.41, 5.74) is 0.872. The van der Waals surface area contributed by atoms with Gasteiger partial charge in [0.15, 0.2) is 5.65 Å². The molecule has 84 valence electrons. The molecule has 3 heterocycles. The van der Waals surface area contributed by atoms with Crippen molar-refractivity contribution < 1.29 is 4.74 Å². The molecule has 0 atom stereocenters. The lowest BCUT2D eigenvalue weighted by Crippen LogP contribution is -2.28. The van der Waals surface area contributed by atoms with Crippen molar-refractivity contribution in [2.45, 2.75) is 18.9 Å². The van der Waals surface area contributed by atoms with Crippen LogP contribution in [0.3, 0.4) is 0 Å². The molecule has 1 aliphatic heterocycles. The van der Waals surface area contributed by atoms with Crippen molar-refractivity contribution in [2.24, 2.45) is 0 Å². The minimum atomic E-state index is 0.478. The van der Waals surface area contributed by atoms with Crippen LogP contribution in [0.4, 0.5) is 5.82 Å². The first-order valence-electron chi connectivity index (χ1n) is 5.56. The monoisotopic (exact) mass is 218 g/mol. The number of rotatable bonds is 2. The molecule has 16 heavy (non-hydrogen) atoms. The average molecular weight is 218 g/mol. The van der Waals surface area contributed by atoms with Crippen LogP contribution in [-0.4, -0.2) is 33.9 Å². The van der Waals surface area contributed by atoms with Gasteiger partial charge in [-0.1, -0.05) is 0 Å². The van der Waals surface area contributed by atoms with Gasteiger partial charge in [-0.25, -0.2) is 9.50 Å². The second-order valence-electron chi connectivity index (χ2n) is 3.98. The Hall–Kier alpha value is -1.62. The molecule has 0 saturated carbocycles. The lowest BCUT2D eigenvalue weighted by atomic mass is 10.1. The van der Waals surface area contributed by atoms with Crippen LogP contribution in [0.1, 0.15) is 12.8 Å². The zero-order valence-electron chi connectivity index (χ0n) is 8.97. The third-order valence-corrected chi connectivity index (χ3v) is 2.83. The summed E-state index contributed by atoms with van der Waals surface area (Å²) >= 11 is 0. The Labute approximate surface area is 93.4 Å². The minimum absolute atomic E-state index is 0.478. The first kappa shape index (κ1) is 9.59. The van der Waals surface area contributed by atoms with E-state index in [0.29, 0.717) is 6.04 Å². The molecule has 2 aromatic heterocycles. The van der Waals surface area contributed by atoms with E-state index in [1.165, 1.54) is 0 Å². The standard InChI is InChI=1S/C11H14N4O/c1-5-12-15-6-2-10(14-11(1)15)13-9-3-7-16-8-4-9/h1-2,5-6,9H,3-4,7-8H2,(H,13,14). The smallest absolute Gasteiger partial charge is 0.157 e. The van der Waals surface area contributed by atoms with Gasteiger partial charge in [-0.3, -0.25) is 0 Å². The van der Waals surface area contributed by atoms with Gasteiger partial charge < -0.3 is 10.1 Å². The fourth-order valence-electron chi connectivity index (χ4n) is 1.94. The Morgan fingerprint density at radius 2 is 2.19 bits per heavy atom. The van der Waals surface area contributed by atoms with E-state index in [1.807, 2.05) is 18.3 Å². The van der Waals surface area contributed by atoms with Crippen molar-refractivity contribution in [3.8, 4) is 0 Å². The van der Waals surface area contributed by atoms with Gasteiger partial charge in [-0.05, 0) is 18.9 Å². The third-order valence-electron chi connectivity index (χ3n) is 2.83. The molecule has 0 aromatic carbocycles. The van der Waals surface area contributed by atoms with Gasteiger partial charge in [-0.15, -0.1) is 0 Å². The van der Waals surface area contributed by atoms with Gasteiger partial charge in [0.2, 0.25) is 0 Å². The van der Waals surface area contributed by atoms with Crippen LogP contribution < -0.4 is 5.32 Å². The van der Waals surface area contributed by atoms with Crippen LogP contribution in [0.5, 0.6) is 0 Å². The van der Waals surface area contributed by atoms with Crippen LogP contribution in [-0.2, 0) is 4.74 Å². The topological polar surface area (TPSA) is 51.5 Å². The number of hydrogen-bond acceptors (Lipinski definition) is 4. The molecule has 5 nitrogen and oxygen atoms in total. The first-order valence-corrected chi connectivity index (χ1v) is 5.56. The lowest BCUT2D eigenvalue weighted by molar-refractivity contribution is 0.0904. The zero-order valence-corrected chi connectivity index (χ0v) is 8.97. The second kappa shape index (κ2) is 4.09. The summed E-state index contributed by atoms with van der Waals surface area (Å²) in [4.78, 5) is 4.48. The van der Waals surface area contributed by atoms with Gasteiger partial charge >= 0.3 is 0 Å². The van der Waals surface area contributed by atoms with Crippen LogP contribution in [0.25, 0.3) is 5.65 Å². The molecule has 0 bridgehead atoms. The van der Waals surface area contributed by atoms with Gasteiger partial charge in [0.1, 0.15) is 5.82 Å². The molecule has 0 radical (unpaired) electrons. The lowest BCUT2D eigenvalue weighted by Gasteiger charge is -2.23. The number of nitrogens with zero attached hydrogens (tertiary/aromatic N) is 3. The van der Waals surface area contributed by atoms with E-state index in [2.05, 4.69) is 15.4 Å². The molecular formula is C11H14N4O. The van der Waals surface area contributed by atoms with Crippen molar-refractivity contribution in [1.82, 2.24) is 14.6 Å². The van der Waals surface area contributed by atoms with Crippen molar-refractivity contribution in [3.63, 3.8) is 0 Å². The van der Waals surface area contributed by atoms with Crippen LogP contribution >= 0.6 is 0 Å². The molecule has 0 aliphatic carbocycles. The summed E-state index contributed by atoms with van der Waals surface area (Å²) in [7, 11) is 0. The number of ether oxygens (including phenoxy) is 1. The maximum Gasteiger partial charge on any atom is 0.157 e. The van der Waals surface area contributed by atoms with E-state index >= 15 is 0 Å². The third kappa shape index (κ3) is 1.86. The van der Waals surface area contributed by atoms with Crippen LogP contribution in [0, 0.1) is 0 Å². The van der Waals surface area contributed by atoms with E-state index in [9.17, 15) is 0 Å². The number of anilines is 1. The van der Waals surface area contributed by atoms with E-state index < -0.39 is 0 Å². The maximum atomic E-state index is 5.32. The highest BCUT2D eigenvalue weighted by Crippen LogP contribution is 2.13. The summed E-state index contributed by atoms with van der Waals surface area (Å²) in [6.45, 7) is 1.68. The Bertz CT molecular complexity index is 476. The largest absolute Gasteiger partial charge is 0.381 e. The average Bonchev–Trinajstić information content (AvgIpc) is 2.77. The molecule has 3 rings (SSSR count). The summed E-state index contributed by atoms with van der Waals surface area (Å²) < 4.78 is 7.08. The van der Waals surface area contributed by atoms with Crippen molar-refractivity contribution in [2.75, 3.05) is 18.5 Å². The van der Waals surface area contributed by atoms with E-state index in [0.717, 1.165) is 37.5 Å². The van der Waals surface area contributed by atoms with Gasteiger partial charge in [-0.2, -0.15) is 5.10 Å².